The second-order valence-corrected chi connectivity index (χ2v) is 3.68. The molecule has 5 heteroatoms. The van der Waals surface area contributed by atoms with Gasteiger partial charge in [0.2, 0.25) is 0 Å². The van der Waals surface area contributed by atoms with Crippen LogP contribution in [0, 0.1) is 17.5 Å². The summed E-state index contributed by atoms with van der Waals surface area (Å²) in [7, 11) is 0. The molecule has 0 spiro atoms. The molecule has 0 aliphatic rings. The van der Waals surface area contributed by atoms with E-state index in [4.69, 9.17) is 4.74 Å². The Hall–Kier alpha value is -1.07. The second kappa shape index (κ2) is 5.32. The highest BCUT2D eigenvalue weighted by atomic mass is 19.1. The van der Waals surface area contributed by atoms with Gasteiger partial charge >= 0.3 is 0 Å². The van der Waals surface area contributed by atoms with Crippen LogP contribution in [-0.2, 0) is 4.74 Å². The first kappa shape index (κ1) is 13.0. The van der Waals surface area contributed by atoms with Gasteiger partial charge in [-0.1, -0.05) is 0 Å². The van der Waals surface area contributed by atoms with Crippen LogP contribution >= 0.6 is 0 Å². The van der Waals surface area contributed by atoms with Gasteiger partial charge in [0.1, 0.15) is 23.6 Å². The van der Waals surface area contributed by atoms with E-state index in [-0.39, 0.29) is 12.7 Å². The third-order valence-corrected chi connectivity index (χ3v) is 1.96. The van der Waals surface area contributed by atoms with Crippen LogP contribution in [0.3, 0.4) is 0 Å². The van der Waals surface area contributed by atoms with Crippen LogP contribution in [0.4, 0.5) is 13.2 Å². The summed E-state index contributed by atoms with van der Waals surface area (Å²) >= 11 is 0. The van der Waals surface area contributed by atoms with Crippen LogP contribution in [0.15, 0.2) is 12.1 Å². The third-order valence-electron chi connectivity index (χ3n) is 1.96. The summed E-state index contributed by atoms with van der Waals surface area (Å²) in [4.78, 5) is 0. The monoisotopic (exact) mass is 234 g/mol. The fourth-order valence-corrected chi connectivity index (χ4v) is 1.24. The number of aliphatic hydroxyl groups is 1. The largest absolute Gasteiger partial charge is 0.386 e. The molecule has 1 aromatic rings. The number of aliphatic hydroxyl groups excluding tert-OH is 1. The highest BCUT2D eigenvalue weighted by Crippen LogP contribution is 2.22. The Labute approximate surface area is 91.7 Å². The van der Waals surface area contributed by atoms with Gasteiger partial charge in [0, 0.05) is 12.1 Å². The second-order valence-electron chi connectivity index (χ2n) is 3.68. The van der Waals surface area contributed by atoms with Crippen molar-refractivity contribution in [2.24, 2.45) is 0 Å². The molecule has 0 saturated carbocycles. The van der Waals surface area contributed by atoms with Crippen LogP contribution in [0.1, 0.15) is 25.5 Å². The van der Waals surface area contributed by atoms with Crippen molar-refractivity contribution >= 4 is 0 Å². The molecule has 0 aliphatic heterocycles. The predicted molar refractivity (Wildman–Crippen MR) is 52.4 cm³/mol. The fourth-order valence-electron chi connectivity index (χ4n) is 1.24. The van der Waals surface area contributed by atoms with E-state index in [0.29, 0.717) is 12.1 Å². The summed E-state index contributed by atoms with van der Waals surface area (Å²) in [5, 5.41) is 9.49. The average molecular weight is 234 g/mol. The molecule has 0 radical (unpaired) electrons. The molecule has 2 nitrogen and oxygen atoms in total. The maximum atomic E-state index is 13.2. The van der Waals surface area contributed by atoms with Gasteiger partial charge in [-0.3, -0.25) is 0 Å². The van der Waals surface area contributed by atoms with Crippen molar-refractivity contribution in [2.45, 2.75) is 26.1 Å². The van der Waals surface area contributed by atoms with E-state index < -0.39 is 29.1 Å². The maximum Gasteiger partial charge on any atom is 0.134 e. The molecule has 0 bridgehead atoms. The Morgan fingerprint density at radius 3 is 2.12 bits per heavy atom. The molecule has 0 saturated heterocycles. The minimum atomic E-state index is -1.44. The SMILES string of the molecule is CC(C)OCC(O)c1c(F)cc(F)cc1F. The Kier molecular flexibility index (Phi) is 4.32. The van der Waals surface area contributed by atoms with Crippen molar-refractivity contribution < 1.29 is 23.0 Å². The van der Waals surface area contributed by atoms with E-state index in [0.717, 1.165) is 0 Å². The molecule has 1 atom stereocenters. The first-order chi connectivity index (χ1) is 7.41. The first-order valence-corrected chi connectivity index (χ1v) is 4.86. The number of hydrogen-bond acceptors (Lipinski definition) is 2. The lowest BCUT2D eigenvalue weighted by atomic mass is 10.1. The lowest BCUT2D eigenvalue weighted by molar-refractivity contribution is 0.00210. The Morgan fingerprint density at radius 2 is 1.69 bits per heavy atom. The molecular weight excluding hydrogens is 221 g/mol. The highest BCUT2D eigenvalue weighted by Gasteiger charge is 2.19. The number of halogens is 3. The van der Waals surface area contributed by atoms with Crippen molar-refractivity contribution in [3.63, 3.8) is 0 Å². The van der Waals surface area contributed by atoms with Gasteiger partial charge in [0.05, 0.1) is 18.3 Å². The van der Waals surface area contributed by atoms with E-state index >= 15 is 0 Å². The summed E-state index contributed by atoms with van der Waals surface area (Å²) in [5.41, 5.74) is -0.568. The summed E-state index contributed by atoms with van der Waals surface area (Å²) in [6.07, 6.45) is -1.61. The number of rotatable bonds is 4. The Bertz CT molecular complexity index is 343. The molecule has 0 amide bonds. The van der Waals surface area contributed by atoms with Crippen LogP contribution in [0.2, 0.25) is 0 Å². The molecule has 90 valence electrons. The molecule has 0 aromatic heterocycles. The predicted octanol–water partition coefficient (Wildman–Crippen LogP) is 2.56. The minimum absolute atomic E-state index is 0.166. The van der Waals surface area contributed by atoms with Crippen molar-refractivity contribution in [3.8, 4) is 0 Å². The Balaban J connectivity index is 2.86. The van der Waals surface area contributed by atoms with E-state index in [1.165, 1.54) is 0 Å². The van der Waals surface area contributed by atoms with Crippen molar-refractivity contribution in [3.05, 3.63) is 35.1 Å². The molecule has 0 heterocycles. The average Bonchev–Trinajstić information content (AvgIpc) is 2.12. The van der Waals surface area contributed by atoms with Crippen molar-refractivity contribution in [1.82, 2.24) is 0 Å². The molecule has 16 heavy (non-hydrogen) atoms. The molecule has 0 aliphatic carbocycles. The van der Waals surface area contributed by atoms with Gasteiger partial charge in [0.25, 0.3) is 0 Å². The number of ether oxygens (including phenoxy) is 1. The molecule has 1 unspecified atom stereocenters. The van der Waals surface area contributed by atoms with E-state index in [1.807, 2.05) is 0 Å². The highest BCUT2D eigenvalue weighted by molar-refractivity contribution is 5.23. The molecule has 1 rings (SSSR count). The first-order valence-electron chi connectivity index (χ1n) is 4.86. The zero-order valence-electron chi connectivity index (χ0n) is 9.01. The van der Waals surface area contributed by atoms with Gasteiger partial charge in [-0.15, -0.1) is 0 Å². The van der Waals surface area contributed by atoms with Gasteiger partial charge in [-0.2, -0.15) is 0 Å². The summed E-state index contributed by atoms with van der Waals surface area (Å²) < 4.78 is 44.0. The van der Waals surface area contributed by atoms with Gasteiger partial charge in [-0.25, -0.2) is 13.2 Å². The van der Waals surface area contributed by atoms with E-state index in [9.17, 15) is 18.3 Å². The van der Waals surface area contributed by atoms with Crippen LogP contribution in [0.25, 0.3) is 0 Å². The fraction of sp³-hybridized carbons (Fsp3) is 0.455. The maximum absolute atomic E-state index is 13.2. The third kappa shape index (κ3) is 3.21. The molecule has 0 fully saturated rings. The zero-order chi connectivity index (χ0) is 12.3. The van der Waals surface area contributed by atoms with Crippen molar-refractivity contribution in [1.29, 1.82) is 0 Å². The summed E-state index contributed by atoms with van der Waals surface area (Å²) in [6, 6.07) is 1.05. The van der Waals surface area contributed by atoms with Crippen LogP contribution < -0.4 is 0 Å². The van der Waals surface area contributed by atoms with Gasteiger partial charge < -0.3 is 9.84 Å². The van der Waals surface area contributed by atoms with Crippen LogP contribution in [-0.4, -0.2) is 17.8 Å². The Morgan fingerprint density at radius 1 is 1.19 bits per heavy atom. The van der Waals surface area contributed by atoms with E-state index in [2.05, 4.69) is 0 Å². The number of hydrogen-bond donors (Lipinski definition) is 1. The lowest BCUT2D eigenvalue weighted by Crippen LogP contribution is -2.14. The van der Waals surface area contributed by atoms with Gasteiger partial charge in [-0.05, 0) is 13.8 Å². The van der Waals surface area contributed by atoms with Gasteiger partial charge in [0.15, 0.2) is 0 Å². The van der Waals surface area contributed by atoms with Crippen LogP contribution in [0.5, 0.6) is 0 Å². The van der Waals surface area contributed by atoms with E-state index in [1.54, 1.807) is 13.8 Å². The van der Waals surface area contributed by atoms with Crippen molar-refractivity contribution in [2.75, 3.05) is 6.61 Å². The topological polar surface area (TPSA) is 29.5 Å². The quantitative estimate of drug-likeness (QED) is 0.867. The molecule has 1 N–H and O–H groups in total. The molecular formula is C11H13F3O2. The lowest BCUT2D eigenvalue weighted by Gasteiger charge is -2.15. The standard InChI is InChI=1S/C11H13F3O2/c1-6(2)16-5-10(15)11-8(13)3-7(12)4-9(11)14/h3-4,6,10,15H,5H2,1-2H3. The zero-order valence-corrected chi connectivity index (χ0v) is 9.01. The smallest absolute Gasteiger partial charge is 0.134 e. The number of benzene rings is 1. The molecule has 1 aromatic carbocycles. The minimum Gasteiger partial charge on any atom is -0.386 e. The normalized spacial score (nSPS) is 13.2. The summed E-state index contributed by atoms with van der Waals surface area (Å²) in [5.74, 6) is -3.24. The summed E-state index contributed by atoms with van der Waals surface area (Å²) in [6.45, 7) is 3.21.